The minimum atomic E-state index is -1.20. The Kier molecular flexibility index (Phi) is 11.8. The number of aliphatic hydroxyl groups excluding tert-OH is 5. The van der Waals surface area contributed by atoms with Crippen molar-refractivity contribution >= 4 is 5.97 Å². The number of allylic oxidation sites excluding steroid dienone is 2. The van der Waals surface area contributed by atoms with Gasteiger partial charge in [-0.3, -0.25) is 0 Å². The highest BCUT2D eigenvalue weighted by Crippen LogP contribution is 2.72. The smallest absolute Gasteiger partial charge is 0.333 e. The van der Waals surface area contributed by atoms with Crippen molar-refractivity contribution in [1.29, 1.82) is 0 Å². The predicted octanol–water partition coefficient (Wildman–Crippen LogP) is 6.45. The molecule has 4 saturated carbocycles. The van der Waals surface area contributed by atoms with Gasteiger partial charge in [0.05, 0.1) is 43.0 Å². The van der Waals surface area contributed by atoms with Crippen LogP contribution in [0.1, 0.15) is 122 Å². The molecule has 4 aliphatic rings. The second-order valence-corrected chi connectivity index (χ2v) is 16.7. The van der Waals surface area contributed by atoms with Crippen molar-refractivity contribution in [3.8, 4) is 0 Å². The van der Waals surface area contributed by atoms with Crippen molar-refractivity contribution in [2.45, 2.75) is 146 Å². The zero-order chi connectivity index (χ0) is 32.4. The van der Waals surface area contributed by atoms with Crippen molar-refractivity contribution in [2.24, 2.45) is 50.2 Å². The monoisotopic (exact) mass is 636 g/mol. The Bertz CT molecular complexity index is 1100. The second-order valence-electron chi connectivity index (χ2n) is 16.7. The Morgan fingerprint density at radius 2 is 1.53 bits per heavy atom. The summed E-state index contributed by atoms with van der Waals surface area (Å²) in [6.45, 7) is 20.6. The molecular formula is C38H68O7. The van der Waals surface area contributed by atoms with Crippen molar-refractivity contribution in [3.05, 3.63) is 24.3 Å². The summed E-state index contributed by atoms with van der Waals surface area (Å²) in [5.74, 6) is -0.175. The van der Waals surface area contributed by atoms with Crippen LogP contribution in [0.15, 0.2) is 24.3 Å². The first-order valence-electron chi connectivity index (χ1n) is 16.6. The number of esters is 1. The summed E-state index contributed by atoms with van der Waals surface area (Å²) in [6, 6.07) is 0. The molecular weight excluding hydrogens is 568 g/mol. The molecule has 262 valence electrons. The minimum absolute atomic E-state index is 0. The SMILES string of the molecule is C.C.C=CCC1[C@@]2(C)CC[C@H](O)[C@](C)(COC(=O)/C(C)=C/C)C2CC[C@@]1(C)[C@@]1(C)CC2CC(C)(C)[C@@H](O)[C@H](O)[C@]2(CO)[C@H](O)C1. The van der Waals surface area contributed by atoms with Gasteiger partial charge in [0.1, 0.15) is 0 Å². The van der Waals surface area contributed by atoms with E-state index in [0.29, 0.717) is 24.8 Å². The third-order valence-corrected chi connectivity index (χ3v) is 14.3. The molecule has 4 rings (SSSR count). The molecule has 45 heavy (non-hydrogen) atoms. The van der Waals surface area contributed by atoms with Crippen molar-refractivity contribution in [2.75, 3.05) is 13.2 Å². The molecule has 0 aliphatic heterocycles. The lowest BCUT2D eigenvalue weighted by molar-refractivity contribution is -0.275. The van der Waals surface area contributed by atoms with Crippen LogP contribution in [-0.2, 0) is 9.53 Å². The van der Waals surface area contributed by atoms with E-state index in [4.69, 9.17) is 4.74 Å². The molecule has 12 atom stereocenters. The van der Waals surface area contributed by atoms with E-state index in [2.05, 4.69) is 34.3 Å². The molecule has 7 heteroatoms. The highest BCUT2D eigenvalue weighted by Gasteiger charge is 2.70. The van der Waals surface area contributed by atoms with Crippen LogP contribution in [0.25, 0.3) is 0 Å². The van der Waals surface area contributed by atoms with Crippen LogP contribution < -0.4 is 0 Å². The standard InChI is InChI=1S/C36H60O7.2CH4/c1-10-12-25-33(7)15-14-26(38)34(8,21-43-30(42)22(3)11-2)24(33)13-16-35(25,9)32(6)18-23-17-31(4,5)28(40)29(41)36(23,20-37)27(39)19-32;;/h10-11,23-29,37-41H,1,12-21H2,2-9H3;2*1H4/b22-11+;;/t23?,24?,25?,26-,27+,28-,29-,32-,33-,34+,35+,36-;;/m0../s1. The average Bonchev–Trinajstić information content (AvgIpc) is 2.94. The van der Waals surface area contributed by atoms with E-state index in [-0.39, 0.29) is 68.0 Å². The third-order valence-electron chi connectivity index (χ3n) is 14.3. The summed E-state index contributed by atoms with van der Waals surface area (Å²) >= 11 is 0. The van der Waals surface area contributed by atoms with Gasteiger partial charge in [0, 0.05) is 11.0 Å². The fourth-order valence-corrected chi connectivity index (χ4v) is 11.1. The molecule has 7 nitrogen and oxygen atoms in total. The summed E-state index contributed by atoms with van der Waals surface area (Å²) < 4.78 is 5.83. The maximum Gasteiger partial charge on any atom is 0.333 e. The molecule has 0 heterocycles. The number of fused-ring (bicyclic) bond motifs is 2. The first-order valence-corrected chi connectivity index (χ1v) is 16.6. The van der Waals surface area contributed by atoms with Crippen molar-refractivity contribution < 1.29 is 35.1 Å². The van der Waals surface area contributed by atoms with Crippen LogP contribution >= 0.6 is 0 Å². The van der Waals surface area contributed by atoms with Gasteiger partial charge in [0.2, 0.25) is 0 Å². The average molecular weight is 637 g/mol. The lowest BCUT2D eigenvalue weighted by Crippen LogP contribution is -2.70. The summed E-state index contributed by atoms with van der Waals surface area (Å²) in [5.41, 5.74) is -2.41. The van der Waals surface area contributed by atoms with E-state index in [1.54, 1.807) is 13.0 Å². The van der Waals surface area contributed by atoms with Gasteiger partial charge in [-0.1, -0.05) is 68.5 Å². The number of aliphatic hydroxyl groups is 5. The molecule has 0 saturated heterocycles. The Hall–Kier alpha value is -1.25. The van der Waals surface area contributed by atoms with Crippen LogP contribution in [0.5, 0.6) is 0 Å². The van der Waals surface area contributed by atoms with E-state index >= 15 is 0 Å². The molecule has 0 aromatic rings. The normalized spacial score (nSPS) is 47.7. The van der Waals surface area contributed by atoms with E-state index in [1.165, 1.54) is 0 Å². The van der Waals surface area contributed by atoms with E-state index in [0.717, 1.165) is 32.1 Å². The topological polar surface area (TPSA) is 127 Å². The molecule has 0 bridgehead atoms. The lowest BCUT2D eigenvalue weighted by atomic mass is 9.35. The molecule has 0 spiro atoms. The van der Waals surface area contributed by atoms with Gasteiger partial charge >= 0.3 is 5.97 Å². The van der Waals surface area contributed by atoms with Gasteiger partial charge in [-0.25, -0.2) is 4.79 Å². The fourth-order valence-electron chi connectivity index (χ4n) is 11.1. The van der Waals surface area contributed by atoms with Crippen LogP contribution in [0, 0.1) is 50.2 Å². The highest BCUT2D eigenvalue weighted by atomic mass is 16.5. The van der Waals surface area contributed by atoms with Gasteiger partial charge in [-0.15, -0.1) is 6.58 Å². The van der Waals surface area contributed by atoms with Crippen LogP contribution in [0.3, 0.4) is 0 Å². The first-order chi connectivity index (χ1) is 19.8. The predicted molar refractivity (Wildman–Crippen MR) is 181 cm³/mol. The van der Waals surface area contributed by atoms with Gasteiger partial charge < -0.3 is 30.3 Å². The first kappa shape index (κ1) is 39.9. The van der Waals surface area contributed by atoms with E-state index in [9.17, 15) is 30.3 Å². The Morgan fingerprint density at radius 1 is 0.911 bits per heavy atom. The summed E-state index contributed by atoms with van der Waals surface area (Å²) in [5, 5.41) is 56.4. The maximum absolute atomic E-state index is 12.6. The van der Waals surface area contributed by atoms with Crippen LogP contribution in [0.2, 0.25) is 0 Å². The lowest BCUT2D eigenvalue weighted by Gasteiger charge is -2.70. The summed E-state index contributed by atoms with van der Waals surface area (Å²) in [7, 11) is 0. The second kappa shape index (κ2) is 13.3. The van der Waals surface area contributed by atoms with Gasteiger partial charge in [-0.2, -0.15) is 0 Å². The van der Waals surface area contributed by atoms with Crippen molar-refractivity contribution in [3.63, 3.8) is 0 Å². The molecule has 0 amide bonds. The molecule has 4 aliphatic carbocycles. The Morgan fingerprint density at radius 3 is 2.09 bits per heavy atom. The number of carbonyl (C=O) groups excluding carboxylic acids is 1. The number of ether oxygens (including phenoxy) is 1. The minimum Gasteiger partial charge on any atom is -0.462 e. The Labute approximate surface area is 274 Å². The third kappa shape index (κ3) is 5.79. The van der Waals surface area contributed by atoms with E-state index < -0.39 is 40.7 Å². The number of rotatable bonds is 7. The van der Waals surface area contributed by atoms with Gasteiger partial charge in [0.15, 0.2) is 0 Å². The number of hydrogen-bond donors (Lipinski definition) is 5. The Balaban J connectivity index is 0.00000353. The summed E-state index contributed by atoms with van der Waals surface area (Å²) in [4.78, 5) is 12.6. The number of carbonyl (C=O) groups is 1. The zero-order valence-corrected chi connectivity index (χ0v) is 28.0. The van der Waals surface area contributed by atoms with Crippen LogP contribution in [0.4, 0.5) is 0 Å². The fraction of sp³-hybridized carbons (Fsp3) is 0.868. The molecule has 0 radical (unpaired) electrons. The quantitative estimate of drug-likeness (QED) is 0.123. The maximum atomic E-state index is 12.6. The molecule has 4 fully saturated rings. The zero-order valence-electron chi connectivity index (χ0n) is 28.0. The largest absolute Gasteiger partial charge is 0.462 e. The van der Waals surface area contributed by atoms with Gasteiger partial charge in [-0.05, 0) is 105 Å². The van der Waals surface area contributed by atoms with Gasteiger partial charge in [0.25, 0.3) is 0 Å². The van der Waals surface area contributed by atoms with E-state index in [1.807, 2.05) is 26.8 Å². The molecule has 5 N–H and O–H groups in total. The summed E-state index contributed by atoms with van der Waals surface area (Å²) in [6.07, 6.45) is 5.80. The molecule has 0 aromatic heterocycles. The van der Waals surface area contributed by atoms with Crippen molar-refractivity contribution in [1.82, 2.24) is 0 Å². The number of hydrogen-bond acceptors (Lipinski definition) is 7. The van der Waals surface area contributed by atoms with Crippen LogP contribution in [-0.4, -0.2) is 69.1 Å². The molecule has 0 aromatic carbocycles. The molecule has 3 unspecified atom stereocenters. The highest BCUT2D eigenvalue weighted by molar-refractivity contribution is 5.87.